The molecule has 17 heavy (non-hydrogen) atoms. The summed E-state index contributed by atoms with van der Waals surface area (Å²) in [5, 5.41) is 0.750. The first-order valence-corrected chi connectivity index (χ1v) is 6.50. The number of ether oxygens (including phenoxy) is 1. The van der Waals surface area contributed by atoms with Crippen LogP contribution in [-0.4, -0.2) is 12.7 Å². The van der Waals surface area contributed by atoms with Gasteiger partial charge in [0.05, 0.1) is 6.10 Å². The lowest BCUT2D eigenvalue weighted by atomic mass is 10.00. The van der Waals surface area contributed by atoms with E-state index >= 15 is 0 Å². The molecule has 3 N–H and O–H groups in total. The quantitative estimate of drug-likeness (QED) is 0.628. The van der Waals surface area contributed by atoms with Crippen LogP contribution in [0.1, 0.15) is 37.3 Å². The largest absolute Gasteiger partial charge is 0.378 e. The van der Waals surface area contributed by atoms with Crippen LogP contribution in [0.25, 0.3) is 0 Å². The number of benzene rings is 1. The molecule has 1 saturated heterocycles. The molecule has 4 heteroatoms. The van der Waals surface area contributed by atoms with Crippen LogP contribution in [0.2, 0.25) is 5.02 Å². The van der Waals surface area contributed by atoms with E-state index < -0.39 is 0 Å². The van der Waals surface area contributed by atoms with E-state index in [1.54, 1.807) is 0 Å². The molecule has 0 saturated carbocycles. The Labute approximate surface area is 107 Å². The molecule has 1 aromatic carbocycles. The highest BCUT2D eigenvalue weighted by Crippen LogP contribution is 2.25. The summed E-state index contributed by atoms with van der Waals surface area (Å²) in [7, 11) is 0. The summed E-state index contributed by atoms with van der Waals surface area (Å²) in [6, 6.07) is 7.98. The van der Waals surface area contributed by atoms with E-state index in [0.29, 0.717) is 6.10 Å². The number of hydrogen-bond acceptors (Lipinski definition) is 3. The standard InChI is InChI=1S/C13H19ClN2O/c14-11-4-1-3-10(9-11)13(16-15)7-6-12-5-2-8-17-12/h1,3-4,9,12-13,16H,2,5-8,15H2. The fourth-order valence-corrected chi connectivity index (χ4v) is 2.49. The Hall–Kier alpha value is -0.610. The highest BCUT2D eigenvalue weighted by atomic mass is 35.5. The van der Waals surface area contributed by atoms with Gasteiger partial charge in [0.1, 0.15) is 0 Å². The minimum absolute atomic E-state index is 0.151. The van der Waals surface area contributed by atoms with Crippen LogP contribution in [0.3, 0.4) is 0 Å². The zero-order valence-corrected chi connectivity index (χ0v) is 10.6. The summed E-state index contributed by atoms with van der Waals surface area (Å²) < 4.78 is 5.61. The second-order valence-corrected chi connectivity index (χ2v) is 4.92. The Morgan fingerprint density at radius 1 is 1.53 bits per heavy atom. The maximum Gasteiger partial charge on any atom is 0.0576 e. The summed E-state index contributed by atoms with van der Waals surface area (Å²) >= 11 is 5.98. The van der Waals surface area contributed by atoms with Gasteiger partial charge in [0.25, 0.3) is 0 Å². The average Bonchev–Trinajstić information content (AvgIpc) is 2.83. The predicted octanol–water partition coefficient (Wildman–Crippen LogP) is 2.80. The molecule has 1 aliphatic rings. The second-order valence-electron chi connectivity index (χ2n) is 4.49. The molecule has 2 atom stereocenters. The fraction of sp³-hybridized carbons (Fsp3) is 0.538. The van der Waals surface area contributed by atoms with Crippen molar-refractivity contribution in [3.05, 3.63) is 34.9 Å². The van der Waals surface area contributed by atoms with Gasteiger partial charge in [-0.1, -0.05) is 23.7 Å². The van der Waals surface area contributed by atoms with Crippen molar-refractivity contribution in [2.45, 2.75) is 37.8 Å². The van der Waals surface area contributed by atoms with Crippen LogP contribution in [0.15, 0.2) is 24.3 Å². The topological polar surface area (TPSA) is 47.3 Å². The third-order valence-corrected chi connectivity index (χ3v) is 3.49. The third-order valence-electron chi connectivity index (χ3n) is 3.25. The number of rotatable bonds is 5. The highest BCUT2D eigenvalue weighted by Gasteiger charge is 2.18. The van der Waals surface area contributed by atoms with E-state index in [1.807, 2.05) is 24.3 Å². The lowest BCUT2D eigenvalue weighted by Gasteiger charge is -2.18. The Bertz CT molecular complexity index is 353. The first-order chi connectivity index (χ1) is 8.29. The molecule has 0 bridgehead atoms. The third kappa shape index (κ3) is 3.68. The van der Waals surface area contributed by atoms with Gasteiger partial charge >= 0.3 is 0 Å². The number of nitrogens with two attached hydrogens (primary N) is 1. The minimum Gasteiger partial charge on any atom is -0.378 e. The van der Waals surface area contributed by atoms with E-state index in [4.69, 9.17) is 22.2 Å². The molecule has 0 aromatic heterocycles. The number of hydrogen-bond donors (Lipinski definition) is 2. The molecule has 1 fully saturated rings. The van der Waals surface area contributed by atoms with Gasteiger partial charge in [-0.3, -0.25) is 11.3 Å². The van der Waals surface area contributed by atoms with E-state index in [-0.39, 0.29) is 6.04 Å². The molecule has 0 amide bonds. The van der Waals surface area contributed by atoms with Crippen LogP contribution in [0.5, 0.6) is 0 Å². The van der Waals surface area contributed by atoms with E-state index in [9.17, 15) is 0 Å². The van der Waals surface area contributed by atoms with Crippen molar-refractivity contribution in [3.8, 4) is 0 Å². The minimum atomic E-state index is 0.151. The molecule has 2 rings (SSSR count). The monoisotopic (exact) mass is 254 g/mol. The summed E-state index contributed by atoms with van der Waals surface area (Å²) in [6.07, 6.45) is 4.78. The Balaban J connectivity index is 1.91. The molecule has 1 aliphatic heterocycles. The smallest absolute Gasteiger partial charge is 0.0576 e. The van der Waals surface area contributed by atoms with Gasteiger partial charge in [0.2, 0.25) is 0 Å². The molecule has 3 nitrogen and oxygen atoms in total. The fourth-order valence-electron chi connectivity index (χ4n) is 2.29. The van der Waals surface area contributed by atoms with Gasteiger partial charge in [0.15, 0.2) is 0 Å². The van der Waals surface area contributed by atoms with E-state index in [2.05, 4.69) is 5.43 Å². The summed E-state index contributed by atoms with van der Waals surface area (Å²) in [5.41, 5.74) is 3.99. The lowest BCUT2D eigenvalue weighted by Crippen LogP contribution is -2.28. The van der Waals surface area contributed by atoms with Gasteiger partial charge in [0, 0.05) is 17.7 Å². The molecular formula is C13H19ClN2O. The summed E-state index contributed by atoms with van der Waals surface area (Å²) in [5.74, 6) is 5.61. The Kier molecular flexibility index (Phi) is 4.80. The molecule has 0 spiro atoms. The highest BCUT2D eigenvalue weighted by molar-refractivity contribution is 6.30. The van der Waals surface area contributed by atoms with Crippen molar-refractivity contribution in [1.82, 2.24) is 5.43 Å². The molecule has 1 heterocycles. The molecule has 94 valence electrons. The SMILES string of the molecule is NNC(CCC1CCCO1)c1cccc(Cl)c1. The van der Waals surface area contributed by atoms with Crippen LogP contribution in [0.4, 0.5) is 0 Å². The summed E-state index contributed by atoms with van der Waals surface area (Å²) in [6.45, 7) is 0.905. The van der Waals surface area contributed by atoms with Crippen molar-refractivity contribution in [3.63, 3.8) is 0 Å². The first kappa shape index (κ1) is 12.8. The predicted molar refractivity (Wildman–Crippen MR) is 69.7 cm³/mol. The van der Waals surface area contributed by atoms with Gasteiger partial charge in [-0.2, -0.15) is 0 Å². The first-order valence-electron chi connectivity index (χ1n) is 6.13. The molecule has 0 radical (unpaired) electrons. The van der Waals surface area contributed by atoms with Crippen LogP contribution < -0.4 is 11.3 Å². The van der Waals surface area contributed by atoms with Crippen molar-refractivity contribution in [2.75, 3.05) is 6.61 Å². The van der Waals surface area contributed by atoms with E-state index in [0.717, 1.165) is 30.0 Å². The second kappa shape index (κ2) is 6.36. The maximum absolute atomic E-state index is 5.98. The lowest BCUT2D eigenvalue weighted by molar-refractivity contribution is 0.0996. The molecular weight excluding hydrogens is 236 g/mol. The Morgan fingerprint density at radius 2 is 2.41 bits per heavy atom. The Morgan fingerprint density at radius 3 is 3.06 bits per heavy atom. The van der Waals surface area contributed by atoms with Crippen molar-refractivity contribution in [1.29, 1.82) is 0 Å². The summed E-state index contributed by atoms with van der Waals surface area (Å²) in [4.78, 5) is 0. The normalized spacial score (nSPS) is 21.6. The van der Waals surface area contributed by atoms with E-state index in [1.165, 1.54) is 12.8 Å². The van der Waals surface area contributed by atoms with Crippen LogP contribution in [0, 0.1) is 0 Å². The zero-order valence-electron chi connectivity index (χ0n) is 9.86. The van der Waals surface area contributed by atoms with Crippen molar-refractivity contribution >= 4 is 11.6 Å². The van der Waals surface area contributed by atoms with Crippen LogP contribution >= 0.6 is 11.6 Å². The van der Waals surface area contributed by atoms with Gasteiger partial charge in [-0.25, -0.2) is 0 Å². The maximum atomic E-state index is 5.98. The average molecular weight is 255 g/mol. The number of halogens is 1. The van der Waals surface area contributed by atoms with Gasteiger partial charge in [-0.15, -0.1) is 0 Å². The number of hydrazine groups is 1. The van der Waals surface area contributed by atoms with Gasteiger partial charge in [-0.05, 0) is 43.4 Å². The molecule has 1 aromatic rings. The van der Waals surface area contributed by atoms with Crippen LogP contribution in [-0.2, 0) is 4.74 Å². The van der Waals surface area contributed by atoms with Crippen molar-refractivity contribution in [2.24, 2.45) is 5.84 Å². The molecule has 0 aliphatic carbocycles. The molecule has 2 unspecified atom stereocenters. The van der Waals surface area contributed by atoms with Crippen molar-refractivity contribution < 1.29 is 4.74 Å². The zero-order chi connectivity index (χ0) is 12.1. The number of nitrogens with one attached hydrogen (secondary N) is 1. The van der Waals surface area contributed by atoms with Gasteiger partial charge < -0.3 is 4.74 Å².